The minimum absolute atomic E-state index is 0.107. The molecule has 0 saturated heterocycles. The maximum atomic E-state index is 11.8. The Bertz CT molecular complexity index is 1000. The molecule has 156 valence electrons. The fourth-order valence-electron chi connectivity index (χ4n) is 3.41. The molecule has 2 aromatic rings. The highest BCUT2D eigenvalue weighted by Crippen LogP contribution is 2.43. The van der Waals surface area contributed by atoms with Crippen molar-refractivity contribution in [2.75, 3.05) is 12.4 Å². The van der Waals surface area contributed by atoms with Crippen LogP contribution in [0, 0.1) is 17.8 Å². The maximum Gasteiger partial charge on any atom is 0.338 e. The van der Waals surface area contributed by atoms with Gasteiger partial charge in [0.2, 0.25) is 0 Å². The Kier molecular flexibility index (Phi) is 7.10. The lowest BCUT2D eigenvalue weighted by Crippen LogP contribution is -2.21. The van der Waals surface area contributed by atoms with E-state index in [0.717, 1.165) is 23.3 Å². The van der Waals surface area contributed by atoms with Crippen molar-refractivity contribution in [2.45, 2.75) is 46.5 Å². The molecular formula is C27H30O2S. The number of benzene rings is 2. The number of hydrogen-bond donors (Lipinski definition) is 0. The summed E-state index contributed by atoms with van der Waals surface area (Å²) in [7, 11) is 0. The molecule has 0 saturated carbocycles. The number of fused-ring (bicyclic) bond motifs is 1. The van der Waals surface area contributed by atoms with Crippen LogP contribution in [0.4, 0.5) is 0 Å². The lowest BCUT2D eigenvalue weighted by Gasteiger charge is -2.32. The van der Waals surface area contributed by atoms with E-state index in [1.807, 2.05) is 23.9 Å². The van der Waals surface area contributed by atoms with E-state index in [4.69, 9.17) is 4.74 Å². The van der Waals surface area contributed by atoms with Crippen molar-refractivity contribution >= 4 is 22.6 Å². The highest BCUT2D eigenvalue weighted by Gasteiger charge is 2.28. The third-order valence-electron chi connectivity index (χ3n) is 5.13. The summed E-state index contributed by atoms with van der Waals surface area (Å²) in [5.41, 5.74) is 5.29. The third kappa shape index (κ3) is 5.37. The van der Waals surface area contributed by atoms with Crippen molar-refractivity contribution in [3.8, 4) is 11.8 Å². The van der Waals surface area contributed by atoms with Gasteiger partial charge in [-0.1, -0.05) is 51.7 Å². The van der Waals surface area contributed by atoms with Gasteiger partial charge in [-0.05, 0) is 72.2 Å². The molecule has 0 aromatic heterocycles. The van der Waals surface area contributed by atoms with Crippen molar-refractivity contribution in [2.24, 2.45) is 5.92 Å². The molecule has 0 amide bonds. The van der Waals surface area contributed by atoms with Crippen molar-refractivity contribution in [1.82, 2.24) is 0 Å². The summed E-state index contributed by atoms with van der Waals surface area (Å²) in [6.07, 6.45) is 3.44. The minimum Gasteiger partial charge on any atom is -0.462 e. The van der Waals surface area contributed by atoms with E-state index in [0.29, 0.717) is 18.1 Å². The number of rotatable bonds is 5. The van der Waals surface area contributed by atoms with Crippen LogP contribution in [-0.4, -0.2) is 18.3 Å². The first-order valence-corrected chi connectivity index (χ1v) is 11.6. The molecule has 1 aliphatic carbocycles. The Morgan fingerprint density at radius 1 is 1.10 bits per heavy atom. The molecule has 0 fully saturated rings. The van der Waals surface area contributed by atoms with Crippen LogP contribution in [0.3, 0.4) is 0 Å². The van der Waals surface area contributed by atoms with E-state index >= 15 is 0 Å². The van der Waals surface area contributed by atoms with Gasteiger partial charge in [0.1, 0.15) is 0 Å². The first-order valence-electron chi connectivity index (χ1n) is 10.6. The summed E-state index contributed by atoms with van der Waals surface area (Å²) < 4.78 is 5.03. The molecular weight excluding hydrogens is 388 g/mol. The zero-order valence-electron chi connectivity index (χ0n) is 18.5. The zero-order valence-corrected chi connectivity index (χ0v) is 19.4. The van der Waals surface area contributed by atoms with Crippen LogP contribution in [0.5, 0.6) is 0 Å². The largest absolute Gasteiger partial charge is 0.462 e. The van der Waals surface area contributed by atoms with Crippen molar-refractivity contribution in [1.29, 1.82) is 0 Å². The quantitative estimate of drug-likeness (QED) is 0.400. The summed E-state index contributed by atoms with van der Waals surface area (Å²) in [5, 5.41) is 0. The van der Waals surface area contributed by atoms with E-state index in [2.05, 4.69) is 63.8 Å². The molecule has 0 unspecified atom stereocenters. The number of carbonyl (C=O) groups excluding carboxylic acids is 1. The monoisotopic (exact) mass is 418 g/mol. The van der Waals surface area contributed by atoms with Gasteiger partial charge in [-0.2, -0.15) is 0 Å². The van der Waals surface area contributed by atoms with Crippen molar-refractivity contribution in [3.05, 3.63) is 76.4 Å². The summed E-state index contributed by atoms with van der Waals surface area (Å²) in [4.78, 5) is 13.2. The fourth-order valence-corrected chi connectivity index (χ4v) is 4.45. The number of esters is 1. The normalized spacial score (nSPS) is 14.4. The Labute approximate surface area is 185 Å². The molecule has 2 aromatic carbocycles. The molecule has 0 spiro atoms. The molecule has 1 aliphatic rings. The predicted molar refractivity (Wildman–Crippen MR) is 128 cm³/mol. The minimum atomic E-state index is -0.298. The predicted octanol–water partition coefficient (Wildman–Crippen LogP) is 6.67. The zero-order chi connectivity index (χ0) is 21.7. The molecule has 2 nitrogen and oxygen atoms in total. The first-order chi connectivity index (χ1) is 14.3. The fraction of sp³-hybridized carbons (Fsp3) is 0.370. The van der Waals surface area contributed by atoms with Gasteiger partial charge in [0.25, 0.3) is 0 Å². The Morgan fingerprint density at radius 2 is 1.77 bits per heavy atom. The molecule has 0 N–H and O–H groups in total. The van der Waals surface area contributed by atoms with Crippen LogP contribution in [0.25, 0.3) is 4.91 Å². The van der Waals surface area contributed by atoms with E-state index in [1.165, 1.54) is 16.0 Å². The average molecular weight is 419 g/mol. The van der Waals surface area contributed by atoms with Crippen molar-refractivity contribution < 1.29 is 9.53 Å². The Morgan fingerprint density at radius 3 is 2.43 bits per heavy atom. The van der Waals surface area contributed by atoms with Gasteiger partial charge in [0.15, 0.2) is 0 Å². The lowest BCUT2D eigenvalue weighted by molar-refractivity contribution is 0.0526. The molecule has 3 heteroatoms. The molecule has 30 heavy (non-hydrogen) atoms. The van der Waals surface area contributed by atoms with Gasteiger partial charge < -0.3 is 4.74 Å². The topological polar surface area (TPSA) is 26.3 Å². The third-order valence-corrected chi connectivity index (χ3v) is 6.66. The molecule has 0 bridgehead atoms. The van der Waals surface area contributed by atoms with E-state index < -0.39 is 0 Å². The Hall–Kier alpha value is -2.44. The van der Waals surface area contributed by atoms with Crippen LogP contribution >= 0.6 is 11.8 Å². The number of allylic oxidation sites excluding steroid dienone is 1. The second-order valence-corrected chi connectivity index (χ2v) is 9.73. The van der Waals surface area contributed by atoms with E-state index in [1.54, 1.807) is 19.1 Å². The molecule has 0 heterocycles. The standard InChI is InChI=1S/C27H30O2S/c1-6-29-26(28)22-12-9-20(10-13-22)7-8-21-11-14-23-24(17-21)27(4,5)16-15-25(23)30-18-19(2)3/h9-15,17,19H,6,16,18H2,1-5H3. The van der Waals surface area contributed by atoms with Crippen LogP contribution in [0.15, 0.2) is 48.5 Å². The Balaban J connectivity index is 1.83. The maximum absolute atomic E-state index is 11.8. The number of thioether (sulfide) groups is 1. The van der Waals surface area contributed by atoms with Gasteiger partial charge in [-0.15, -0.1) is 11.8 Å². The first kappa shape index (κ1) is 22.2. The SMILES string of the molecule is CCOC(=O)c1ccc(C#Cc2ccc3c(c2)C(C)(C)CC=C3SCC(C)C)cc1. The van der Waals surface area contributed by atoms with Crippen LogP contribution in [-0.2, 0) is 10.2 Å². The van der Waals surface area contributed by atoms with E-state index in [9.17, 15) is 4.79 Å². The van der Waals surface area contributed by atoms with Gasteiger partial charge in [-0.25, -0.2) is 4.79 Å². The van der Waals surface area contributed by atoms with Crippen LogP contribution in [0.2, 0.25) is 0 Å². The second kappa shape index (κ2) is 9.58. The summed E-state index contributed by atoms with van der Waals surface area (Å²) >= 11 is 1.96. The van der Waals surface area contributed by atoms with Crippen LogP contribution in [0.1, 0.15) is 73.7 Å². The van der Waals surface area contributed by atoms with Gasteiger partial charge >= 0.3 is 5.97 Å². The lowest BCUT2D eigenvalue weighted by atomic mass is 9.75. The van der Waals surface area contributed by atoms with E-state index in [-0.39, 0.29) is 11.4 Å². The molecule has 0 atom stereocenters. The number of carbonyl (C=O) groups is 1. The van der Waals surface area contributed by atoms with Gasteiger partial charge in [0.05, 0.1) is 12.2 Å². The number of hydrogen-bond acceptors (Lipinski definition) is 3. The smallest absolute Gasteiger partial charge is 0.338 e. The van der Waals surface area contributed by atoms with Crippen molar-refractivity contribution in [3.63, 3.8) is 0 Å². The van der Waals surface area contributed by atoms with Gasteiger partial charge in [-0.3, -0.25) is 0 Å². The van der Waals surface area contributed by atoms with Crippen LogP contribution < -0.4 is 0 Å². The average Bonchev–Trinajstić information content (AvgIpc) is 2.72. The molecule has 0 radical (unpaired) electrons. The van der Waals surface area contributed by atoms with Gasteiger partial charge in [0, 0.05) is 21.8 Å². The summed E-state index contributed by atoms with van der Waals surface area (Å²) in [6.45, 7) is 11.3. The summed E-state index contributed by atoms with van der Waals surface area (Å²) in [5.74, 6) is 8.03. The summed E-state index contributed by atoms with van der Waals surface area (Å²) in [6, 6.07) is 13.9. The highest BCUT2D eigenvalue weighted by atomic mass is 32.2. The molecule has 0 aliphatic heterocycles. The molecule has 3 rings (SSSR count). The number of ether oxygens (including phenoxy) is 1. The highest BCUT2D eigenvalue weighted by molar-refractivity contribution is 8.08. The second-order valence-electron chi connectivity index (χ2n) is 8.67.